The highest BCUT2D eigenvalue weighted by atomic mass is 15.1. The molecule has 9 aromatic carbocycles. The predicted molar refractivity (Wildman–Crippen MR) is 263 cm³/mol. The average Bonchev–Trinajstić information content (AvgIpc) is 3.71. The third-order valence-corrected chi connectivity index (χ3v) is 13.7. The number of hydrogen-bond acceptors (Lipinski definition) is 4. The van der Waals surface area contributed by atoms with Crippen molar-refractivity contribution in [3.05, 3.63) is 228 Å². The van der Waals surface area contributed by atoms with Crippen LogP contribution in [-0.4, -0.2) is 0 Å². The van der Waals surface area contributed by atoms with Gasteiger partial charge in [-0.15, -0.1) is 0 Å². The molecular weight excluding hydrogens is 777 g/mol. The summed E-state index contributed by atoms with van der Waals surface area (Å²) in [6.07, 6.45) is 0. The Kier molecular flexibility index (Phi) is 8.91. The number of benzene rings is 9. The topological polar surface area (TPSA) is 54.1 Å². The Hall–Kier alpha value is -8.18. The number of rotatable bonds is 7. The minimum absolute atomic E-state index is 0.145. The van der Waals surface area contributed by atoms with Crippen LogP contribution in [0.3, 0.4) is 0 Å². The Balaban J connectivity index is 1.01. The first-order valence-electron chi connectivity index (χ1n) is 21.9. The largest absolute Gasteiger partial charge is 0.310 e. The van der Waals surface area contributed by atoms with E-state index in [1.54, 1.807) is 0 Å². The lowest BCUT2D eigenvalue weighted by molar-refractivity contribution is 0.660. The first-order valence-corrected chi connectivity index (χ1v) is 21.9. The molecule has 304 valence electrons. The second-order valence-corrected chi connectivity index (χ2v) is 18.0. The quantitative estimate of drug-likeness (QED) is 0.161. The first-order chi connectivity index (χ1) is 31.1. The molecule has 0 spiro atoms. The highest BCUT2D eigenvalue weighted by Gasteiger charge is 2.37. The smallest absolute Gasteiger partial charge is 0.0991 e. The predicted octanol–water partition coefficient (Wildman–Crippen LogP) is 15.8. The fraction of sp³-hybridized carbons (Fsp3) is 0.100. The second-order valence-electron chi connectivity index (χ2n) is 18.0. The molecule has 2 aliphatic rings. The standard InChI is InChI=1S/C60H44N4/c1-59(2)54-15-9-7-12-49(54)51-31-29-45(35-56(51)59)63(42-23-17-39(37-61)18-24-42)43-27-21-41(22-28-43)47-33-34-58(53-14-6-5-11-48(47)53)64(44-25-19-40(38-62)20-26-44)46-30-32-52-50-13-8-10-16-55(50)60(3,4)57(52)36-46/h5-36H,1-4H3. The Morgan fingerprint density at radius 2 is 0.734 bits per heavy atom. The lowest BCUT2D eigenvalue weighted by Gasteiger charge is -2.29. The SMILES string of the molecule is CC1(C)c2ccccc2-c2ccc(N(c3ccc(C#N)cc3)c3ccc(-c4ccc(N(c5ccc(C#N)cc5)c5ccc6c(c5)C(C)(C)c5ccccc5-6)c5ccccc45)cc3)cc21. The molecular formula is C60H44N4. The molecule has 0 atom stereocenters. The molecule has 2 aliphatic carbocycles. The van der Waals surface area contributed by atoms with Gasteiger partial charge in [-0.05, 0) is 152 Å². The fourth-order valence-corrected chi connectivity index (χ4v) is 10.4. The van der Waals surface area contributed by atoms with Gasteiger partial charge in [0.1, 0.15) is 0 Å². The Labute approximate surface area is 375 Å². The number of hydrogen-bond donors (Lipinski definition) is 0. The minimum atomic E-state index is -0.158. The van der Waals surface area contributed by atoms with Gasteiger partial charge in [0.2, 0.25) is 0 Å². The maximum Gasteiger partial charge on any atom is 0.0991 e. The van der Waals surface area contributed by atoms with E-state index >= 15 is 0 Å². The number of nitriles is 2. The van der Waals surface area contributed by atoms with E-state index in [9.17, 15) is 10.5 Å². The molecule has 0 fully saturated rings. The first kappa shape index (κ1) is 38.7. The molecule has 0 bridgehead atoms. The van der Waals surface area contributed by atoms with Gasteiger partial charge < -0.3 is 9.80 Å². The molecule has 64 heavy (non-hydrogen) atoms. The van der Waals surface area contributed by atoms with E-state index in [4.69, 9.17) is 0 Å². The van der Waals surface area contributed by atoms with Crippen LogP contribution in [-0.2, 0) is 10.8 Å². The molecule has 0 radical (unpaired) electrons. The monoisotopic (exact) mass is 820 g/mol. The van der Waals surface area contributed by atoms with Crippen LogP contribution in [0.4, 0.5) is 34.1 Å². The van der Waals surface area contributed by atoms with E-state index in [1.807, 2.05) is 48.5 Å². The van der Waals surface area contributed by atoms with Crippen LogP contribution in [0.2, 0.25) is 0 Å². The molecule has 0 heterocycles. The summed E-state index contributed by atoms with van der Waals surface area (Å²) in [7, 11) is 0. The van der Waals surface area contributed by atoms with Crippen LogP contribution in [0.25, 0.3) is 44.2 Å². The lowest BCUT2D eigenvalue weighted by atomic mass is 9.82. The summed E-state index contributed by atoms with van der Waals surface area (Å²) < 4.78 is 0. The van der Waals surface area contributed by atoms with Gasteiger partial charge in [-0.3, -0.25) is 0 Å². The van der Waals surface area contributed by atoms with E-state index in [-0.39, 0.29) is 10.8 Å². The lowest BCUT2D eigenvalue weighted by Crippen LogP contribution is -2.16. The Morgan fingerprint density at radius 1 is 0.344 bits per heavy atom. The zero-order valence-electron chi connectivity index (χ0n) is 36.3. The Bertz CT molecular complexity index is 3400. The summed E-state index contributed by atoms with van der Waals surface area (Å²) in [6.45, 7) is 9.26. The highest BCUT2D eigenvalue weighted by molar-refractivity contribution is 6.06. The normalized spacial score (nSPS) is 13.5. The molecule has 11 rings (SSSR count). The van der Waals surface area contributed by atoms with Crippen molar-refractivity contribution >= 4 is 44.9 Å². The van der Waals surface area contributed by atoms with E-state index in [0.29, 0.717) is 11.1 Å². The van der Waals surface area contributed by atoms with Gasteiger partial charge in [0, 0.05) is 44.7 Å². The third-order valence-electron chi connectivity index (χ3n) is 13.7. The third kappa shape index (κ3) is 6.03. The van der Waals surface area contributed by atoms with Crippen molar-refractivity contribution in [2.45, 2.75) is 38.5 Å². The zero-order chi connectivity index (χ0) is 43.7. The summed E-state index contributed by atoms with van der Waals surface area (Å²) in [4.78, 5) is 4.62. The van der Waals surface area contributed by atoms with Crippen LogP contribution >= 0.6 is 0 Å². The van der Waals surface area contributed by atoms with Gasteiger partial charge in [0.25, 0.3) is 0 Å². The van der Waals surface area contributed by atoms with Crippen LogP contribution in [0.1, 0.15) is 61.1 Å². The van der Waals surface area contributed by atoms with Crippen molar-refractivity contribution in [1.82, 2.24) is 0 Å². The molecule has 4 nitrogen and oxygen atoms in total. The minimum Gasteiger partial charge on any atom is -0.310 e. The van der Waals surface area contributed by atoms with Gasteiger partial charge in [0.15, 0.2) is 0 Å². The highest BCUT2D eigenvalue weighted by Crippen LogP contribution is 2.53. The number of nitrogens with zero attached hydrogens (tertiary/aromatic N) is 4. The van der Waals surface area contributed by atoms with Crippen LogP contribution < -0.4 is 9.80 Å². The molecule has 0 aromatic heterocycles. The van der Waals surface area contributed by atoms with Crippen molar-refractivity contribution in [3.8, 4) is 45.5 Å². The van der Waals surface area contributed by atoms with Gasteiger partial charge in [-0.2, -0.15) is 10.5 Å². The molecule has 0 amide bonds. The molecule has 0 unspecified atom stereocenters. The van der Waals surface area contributed by atoms with Crippen molar-refractivity contribution in [3.63, 3.8) is 0 Å². The maximum absolute atomic E-state index is 9.72. The second kappa shape index (κ2) is 14.7. The van der Waals surface area contributed by atoms with E-state index in [1.165, 1.54) is 44.5 Å². The summed E-state index contributed by atoms with van der Waals surface area (Å²) in [5.74, 6) is 0. The van der Waals surface area contributed by atoms with Crippen molar-refractivity contribution in [2.24, 2.45) is 0 Å². The summed E-state index contributed by atoms with van der Waals surface area (Å²) in [5.41, 5.74) is 19.8. The van der Waals surface area contributed by atoms with Crippen LogP contribution in [0, 0.1) is 22.7 Å². The molecule has 0 aliphatic heterocycles. The van der Waals surface area contributed by atoms with Gasteiger partial charge in [-0.1, -0.05) is 131 Å². The molecule has 9 aromatic rings. The van der Waals surface area contributed by atoms with Crippen molar-refractivity contribution < 1.29 is 0 Å². The average molecular weight is 821 g/mol. The molecule has 0 N–H and O–H groups in total. The summed E-state index contributed by atoms with van der Waals surface area (Å²) in [6, 6.07) is 73.5. The van der Waals surface area contributed by atoms with Gasteiger partial charge in [0.05, 0.1) is 29.0 Å². The van der Waals surface area contributed by atoms with E-state index in [2.05, 4.69) is 195 Å². The Morgan fingerprint density at radius 3 is 1.25 bits per heavy atom. The van der Waals surface area contributed by atoms with Gasteiger partial charge >= 0.3 is 0 Å². The van der Waals surface area contributed by atoms with Crippen LogP contribution in [0.15, 0.2) is 194 Å². The molecule has 0 saturated heterocycles. The fourth-order valence-electron chi connectivity index (χ4n) is 10.4. The van der Waals surface area contributed by atoms with E-state index in [0.717, 1.165) is 56.0 Å². The van der Waals surface area contributed by atoms with Gasteiger partial charge in [-0.25, -0.2) is 0 Å². The summed E-state index contributed by atoms with van der Waals surface area (Å²) >= 11 is 0. The maximum atomic E-state index is 9.72. The van der Waals surface area contributed by atoms with Crippen LogP contribution in [0.5, 0.6) is 0 Å². The number of anilines is 6. The van der Waals surface area contributed by atoms with Crippen molar-refractivity contribution in [1.29, 1.82) is 10.5 Å². The summed E-state index contributed by atoms with van der Waals surface area (Å²) in [5, 5.41) is 21.6. The van der Waals surface area contributed by atoms with E-state index < -0.39 is 0 Å². The zero-order valence-corrected chi connectivity index (χ0v) is 36.3. The number of fused-ring (bicyclic) bond motifs is 7. The molecule has 0 saturated carbocycles. The molecule has 4 heteroatoms. The van der Waals surface area contributed by atoms with Crippen molar-refractivity contribution in [2.75, 3.05) is 9.80 Å².